The smallest absolute Gasteiger partial charge is 0.0624 e. The van der Waals surface area contributed by atoms with Gasteiger partial charge in [-0.1, -0.05) is 237 Å². The first-order valence-corrected chi connectivity index (χ1v) is 25.2. The van der Waals surface area contributed by atoms with E-state index in [9.17, 15) is 0 Å². The third-order valence-electron chi connectivity index (χ3n) is 15.0. The molecule has 0 aromatic heterocycles. The van der Waals surface area contributed by atoms with Crippen LogP contribution in [0.15, 0.2) is 285 Å². The summed E-state index contributed by atoms with van der Waals surface area (Å²) in [6, 6.07) is 105. The minimum Gasteiger partial charge on any atom is -0.309 e. The van der Waals surface area contributed by atoms with Gasteiger partial charge in [0, 0.05) is 22.3 Å². The van der Waals surface area contributed by atoms with E-state index < -0.39 is 0 Å². The normalized spacial score (nSPS) is 11.6. The standard InChI is InChI=1S/C72H47N/c1-4-24-50(25-5-1)71-66-47-68-67(46-65(66)61-38-14-17-41-64(61)72(71)73(55-32-6-2-7-33-55)56-34-8-3-9-35-56)69(53-30-18-28-51(44-53)59-42-20-26-48-22-10-12-36-57(48)59)62-39-15-16-40-63(62)70(68)54-31-19-29-52(45-54)60-43-21-27-49-23-11-13-37-58(49)60/h1-47H. The molecule has 0 aliphatic carbocycles. The van der Waals surface area contributed by atoms with Gasteiger partial charge in [-0.3, -0.25) is 0 Å². The molecule has 1 heteroatoms. The summed E-state index contributed by atoms with van der Waals surface area (Å²) in [6.07, 6.45) is 0. The SMILES string of the molecule is c1ccc(-c2c(N(c3ccccc3)c3ccccc3)c3ccccc3c3cc4c(-c5cccc(-c6cccc7ccccc67)c5)c5ccccc5c(-c5cccc(-c6cccc7ccccc67)c5)c4cc23)cc1. The van der Waals surface area contributed by atoms with Crippen molar-refractivity contribution in [3.05, 3.63) is 285 Å². The Morgan fingerprint density at radius 3 is 1.07 bits per heavy atom. The average Bonchev–Trinajstić information content (AvgIpc) is 3.48. The molecule has 0 spiro atoms. The highest BCUT2D eigenvalue weighted by molar-refractivity contribution is 6.30. The molecule has 14 aromatic rings. The summed E-state index contributed by atoms with van der Waals surface area (Å²) in [5.41, 5.74) is 15.4. The molecule has 14 rings (SSSR count). The highest BCUT2D eigenvalue weighted by Crippen LogP contribution is 2.53. The van der Waals surface area contributed by atoms with E-state index in [4.69, 9.17) is 0 Å². The van der Waals surface area contributed by atoms with Crippen molar-refractivity contribution in [1.82, 2.24) is 0 Å². The molecule has 0 saturated heterocycles. The van der Waals surface area contributed by atoms with Crippen LogP contribution in [0.4, 0.5) is 17.1 Å². The Hall–Kier alpha value is -9.56. The summed E-state index contributed by atoms with van der Waals surface area (Å²) in [5, 5.41) is 14.6. The van der Waals surface area contributed by atoms with Gasteiger partial charge in [0.15, 0.2) is 0 Å². The van der Waals surface area contributed by atoms with E-state index in [0.29, 0.717) is 0 Å². The highest BCUT2D eigenvalue weighted by Gasteiger charge is 2.26. The second-order valence-electron chi connectivity index (χ2n) is 19.1. The number of para-hydroxylation sites is 2. The van der Waals surface area contributed by atoms with E-state index in [-0.39, 0.29) is 0 Å². The van der Waals surface area contributed by atoms with Gasteiger partial charge in [0.2, 0.25) is 0 Å². The zero-order valence-corrected chi connectivity index (χ0v) is 40.1. The molecule has 73 heavy (non-hydrogen) atoms. The molecule has 0 atom stereocenters. The maximum atomic E-state index is 2.54. The summed E-state index contributed by atoms with van der Waals surface area (Å²) < 4.78 is 0. The first kappa shape index (κ1) is 42.3. The Labute approximate surface area is 425 Å². The van der Waals surface area contributed by atoms with Crippen LogP contribution < -0.4 is 4.90 Å². The zero-order chi connectivity index (χ0) is 48.2. The van der Waals surface area contributed by atoms with Crippen LogP contribution in [-0.4, -0.2) is 0 Å². The van der Waals surface area contributed by atoms with E-state index in [1.807, 2.05) is 0 Å². The van der Waals surface area contributed by atoms with Crippen LogP contribution >= 0.6 is 0 Å². The van der Waals surface area contributed by atoms with E-state index in [1.54, 1.807) is 0 Å². The Morgan fingerprint density at radius 1 is 0.192 bits per heavy atom. The molecular weight excluding hydrogens is 879 g/mol. The number of anilines is 3. The summed E-state index contributed by atoms with van der Waals surface area (Å²) in [5.74, 6) is 0. The molecule has 0 unspecified atom stereocenters. The lowest BCUT2D eigenvalue weighted by molar-refractivity contribution is 1.30. The van der Waals surface area contributed by atoms with E-state index in [0.717, 1.165) is 22.6 Å². The van der Waals surface area contributed by atoms with Gasteiger partial charge in [-0.15, -0.1) is 0 Å². The molecule has 14 aromatic carbocycles. The first-order chi connectivity index (χ1) is 36.2. The molecule has 0 bridgehead atoms. The van der Waals surface area contributed by atoms with Crippen LogP contribution in [0, 0.1) is 0 Å². The molecule has 0 aliphatic heterocycles. The van der Waals surface area contributed by atoms with E-state index >= 15 is 0 Å². The van der Waals surface area contributed by atoms with Crippen LogP contribution in [-0.2, 0) is 0 Å². The molecule has 0 amide bonds. The first-order valence-electron chi connectivity index (χ1n) is 25.2. The van der Waals surface area contributed by atoms with Crippen molar-refractivity contribution in [1.29, 1.82) is 0 Å². The topological polar surface area (TPSA) is 3.24 Å². The number of hydrogen-bond donors (Lipinski definition) is 0. The average molecular weight is 926 g/mol. The Balaban J connectivity index is 1.15. The van der Waals surface area contributed by atoms with Gasteiger partial charge in [0.05, 0.1) is 5.69 Å². The lowest BCUT2D eigenvalue weighted by Crippen LogP contribution is -2.12. The second-order valence-corrected chi connectivity index (χ2v) is 19.1. The Morgan fingerprint density at radius 2 is 0.548 bits per heavy atom. The summed E-state index contributed by atoms with van der Waals surface area (Å²) in [7, 11) is 0. The van der Waals surface area contributed by atoms with Crippen LogP contribution in [0.5, 0.6) is 0 Å². The minimum absolute atomic E-state index is 1.10. The lowest BCUT2D eigenvalue weighted by Gasteiger charge is -2.31. The van der Waals surface area contributed by atoms with Gasteiger partial charge >= 0.3 is 0 Å². The minimum atomic E-state index is 1.10. The second kappa shape index (κ2) is 17.7. The zero-order valence-electron chi connectivity index (χ0n) is 40.1. The summed E-state index contributed by atoms with van der Waals surface area (Å²) in [4.78, 5) is 2.47. The van der Waals surface area contributed by atoms with Crippen LogP contribution in [0.1, 0.15) is 0 Å². The van der Waals surface area contributed by atoms with Crippen LogP contribution in [0.3, 0.4) is 0 Å². The van der Waals surface area contributed by atoms with Crippen molar-refractivity contribution in [2.45, 2.75) is 0 Å². The molecule has 0 heterocycles. The third kappa shape index (κ3) is 7.16. The van der Waals surface area contributed by atoms with Crippen molar-refractivity contribution in [2.24, 2.45) is 0 Å². The highest BCUT2D eigenvalue weighted by atomic mass is 15.1. The molecule has 1 nitrogen and oxygen atoms in total. The number of nitrogens with zero attached hydrogens (tertiary/aromatic N) is 1. The third-order valence-corrected chi connectivity index (χ3v) is 15.0. The molecular formula is C72H47N. The summed E-state index contributed by atoms with van der Waals surface area (Å²) >= 11 is 0. The molecule has 0 radical (unpaired) electrons. The quantitative estimate of drug-likeness (QED) is 0.108. The lowest BCUT2D eigenvalue weighted by atomic mass is 9.82. The molecule has 0 aliphatic rings. The van der Waals surface area contributed by atoms with E-state index in [2.05, 4.69) is 290 Å². The predicted octanol–water partition coefficient (Wildman–Crippen LogP) is 20.4. The number of hydrogen-bond acceptors (Lipinski definition) is 1. The maximum Gasteiger partial charge on any atom is 0.0624 e. The van der Waals surface area contributed by atoms with Gasteiger partial charge < -0.3 is 4.90 Å². The van der Waals surface area contributed by atoms with Crippen molar-refractivity contribution in [3.8, 4) is 55.6 Å². The van der Waals surface area contributed by atoms with Gasteiger partial charge in [-0.2, -0.15) is 0 Å². The van der Waals surface area contributed by atoms with Gasteiger partial charge in [-0.25, -0.2) is 0 Å². The van der Waals surface area contributed by atoms with E-state index in [1.165, 1.54) is 115 Å². The van der Waals surface area contributed by atoms with Gasteiger partial charge in [0.1, 0.15) is 0 Å². The van der Waals surface area contributed by atoms with Crippen molar-refractivity contribution in [2.75, 3.05) is 4.90 Å². The Kier molecular flexibility index (Phi) is 10.3. The van der Waals surface area contributed by atoms with Crippen molar-refractivity contribution in [3.63, 3.8) is 0 Å². The summed E-state index contributed by atoms with van der Waals surface area (Å²) in [6.45, 7) is 0. The number of fused-ring (bicyclic) bond motifs is 7. The monoisotopic (exact) mass is 925 g/mol. The van der Waals surface area contributed by atoms with Crippen LogP contribution in [0.2, 0.25) is 0 Å². The maximum absolute atomic E-state index is 2.54. The fourth-order valence-electron chi connectivity index (χ4n) is 11.8. The predicted molar refractivity (Wildman–Crippen MR) is 313 cm³/mol. The van der Waals surface area contributed by atoms with Crippen molar-refractivity contribution >= 4 is 81.7 Å². The fraction of sp³-hybridized carbons (Fsp3) is 0. The van der Waals surface area contributed by atoms with Crippen molar-refractivity contribution < 1.29 is 0 Å². The fourth-order valence-corrected chi connectivity index (χ4v) is 11.8. The molecule has 0 fully saturated rings. The molecule has 0 N–H and O–H groups in total. The van der Waals surface area contributed by atoms with Crippen LogP contribution in [0.25, 0.3) is 120 Å². The molecule has 0 saturated carbocycles. The number of rotatable bonds is 8. The van der Waals surface area contributed by atoms with Gasteiger partial charge in [-0.05, 0) is 158 Å². The number of benzene rings is 14. The molecule has 340 valence electrons. The largest absolute Gasteiger partial charge is 0.309 e. The van der Waals surface area contributed by atoms with Gasteiger partial charge in [0.25, 0.3) is 0 Å². The Bertz CT molecular complexity index is 4370.